The van der Waals surface area contributed by atoms with Gasteiger partial charge in [-0.1, -0.05) is 18.5 Å². The Balaban J connectivity index is 2.07. The first-order valence-electron chi connectivity index (χ1n) is 5.82. The molecular weight excluding hydrogens is 242 g/mol. The number of halogens is 1. The van der Waals surface area contributed by atoms with Crippen molar-refractivity contribution >= 4 is 11.6 Å². The van der Waals surface area contributed by atoms with Gasteiger partial charge in [0.1, 0.15) is 0 Å². The summed E-state index contributed by atoms with van der Waals surface area (Å²) >= 11 is 6.14. The molecule has 96 valence electrons. The first kappa shape index (κ1) is 12.8. The van der Waals surface area contributed by atoms with E-state index in [1.165, 1.54) is 0 Å². The Morgan fingerprint density at radius 1 is 1.59 bits per heavy atom. The molecule has 0 aliphatic carbocycles. The Kier molecular flexibility index (Phi) is 4.04. The van der Waals surface area contributed by atoms with Crippen LogP contribution >= 0.6 is 11.6 Å². The third kappa shape index (κ3) is 2.63. The molecule has 17 heavy (non-hydrogen) atoms. The maximum absolute atomic E-state index is 9.82. The lowest BCUT2D eigenvalue weighted by molar-refractivity contribution is 0.0801. The van der Waals surface area contributed by atoms with Gasteiger partial charge in [0.25, 0.3) is 0 Å². The highest BCUT2D eigenvalue weighted by atomic mass is 35.5. The smallest absolute Gasteiger partial charge is 0.0951 e. The molecule has 0 saturated carbocycles. The minimum atomic E-state index is -0.422. The van der Waals surface area contributed by atoms with Crippen LogP contribution in [-0.2, 0) is 11.3 Å². The molecular formula is C11H18ClN3O2. The second-order valence-corrected chi connectivity index (χ2v) is 4.72. The molecule has 2 atom stereocenters. The molecule has 1 aromatic rings. The lowest BCUT2D eigenvalue weighted by atomic mass is 10.1. The number of likely N-dealkylation sites (N-methyl/N-ethyl adjacent to an activating group) is 1. The number of nitrogens with one attached hydrogen (secondary N) is 1. The van der Waals surface area contributed by atoms with Crippen LogP contribution in [0.2, 0.25) is 5.02 Å². The second kappa shape index (κ2) is 5.35. The number of H-pyrrole nitrogens is 1. The van der Waals surface area contributed by atoms with Gasteiger partial charge in [-0.05, 0) is 13.5 Å². The molecule has 0 unspecified atom stereocenters. The maximum atomic E-state index is 9.82. The van der Waals surface area contributed by atoms with Gasteiger partial charge in [-0.2, -0.15) is 5.10 Å². The average Bonchev–Trinajstić information content (AvgIpc) is 2.86. The van der Waals surface area contributed by atoms with Crippen molar-refractivity contribution in [3.8, 4) is 0 Å². The molecule has 2 rings (SSSR count). The van der Waals surface area contributed by atoms with Crippen molar-refractivity contribution in [2.45, 2.75) is 32.5 Å². The largest absolute Gasteiger partial charge is 0.389 e. The van der Waals surface area contributed by atoms with Crippen LogP contribution in [0.5, 0.6) is 0 Å². The number of aromatic nitrogens is 2. The summed E-state index contributed by atoms with van der Waals surface area (Å²) in [5.41, 5.74) is 1.70. The molecule has 1 fully saturated rings. The quantitative estimate of drug-likeness (QED) is 0.845. The van der Waals surface area contributed by atoms with Crippen molar-refractivity contribution in [1.82, 2.24) is 15.1 Å². The van der Waals surface area contributed by atoms with Crippen LogP contribution in [0.1, 0.15) is 18.3 Å². The summed E-state index contributed by atoms with van der Waals surface area (Å²) in [6, 6.07) is 0.0353. The number of aromatic amines is 1. The first-order chi connectivity index (χ1) is 8.13. The molecule has 2 heterocycles. The number of hydrogen-bond donors (Lipinski definition) is 2. The van der Waals surface area contributed by atoms with Crippen LogP contribution in [-0.4, -0.2) is 52.1 Å². The standard InChI is InChI=1S/C11H18ClN3O2/c1-3-15(9-5-17-6-10(9)16)4-8-11(12)7(2)13-14-8/h9-10,16H,3-6H2,1-2H3,(H,13,14)/t9-,10-/m0/s1. The van der Waals surface area contributed by atoms with E-state index >= 15 is 0 Å². The van der Waals surface area contributed by atoms with Gasteiger partial charge in [0, 0.05) is 6.54 Å². The van der Waals surface area contributed by atoms with E-state index in [9.17, 15) is 5.11 Å². The Labute approximate surface area is 106 Å². The predicted molar refractivity (Wildman–Crippen MR) is 65.0 cm³/mol. The summed E-state index contributed by atoms with van der Waals surface area (Å²) in [5, 5.41) is 17.5. The van der Waals surface area contributed by atoms with Gasteiger partial charge >= 0.3 is 0 Å². The average molecular weight is 260 g/mol. The van der Waals surface area contributed by atoms with Crippen molar-refractivity contribution < 1.29 is 9.84 Å². The third-order valence-corrected chi connectivity index (χ3v) is 3.69. The molecule has 6 heteroatoms. The van der Waals surface area contributed by atoms with E-state index in [2.05, 4.69) is 22.0 Å². The number of aliphatic hydroxyl groups is 1. The van der Waals surface area contributed by atoms with Crippen LogP contribution in [0.15, 0.2) is 0 Å². The van der Waals surface area contributed by atoms with Crippen LogP contribution < -0.4 is 0 Å². The molecule has 1 aliphatic heterocycles. The highest BCUT2D eigenvalue weighted by Gasteiger charge is 2.31. The number of ether oxygens (including phenoxy) is 1. The highest BCUT2D eigenvalue weighted by molar-refractivity contribution is 6.31. The fraction of sp³-hybridized carbons (Fsp3) is 0.727. The highest BCUT2D eigenvalue weighted by Crippen LogP contribution is 2.21. The van der Waals surface area contributed by atoms with E-state index in [0.717, 1.165) is 17.9 Å². The van der Waals surface area contributed by atoms with Crippen molar-refractivity contribution in [2.75, 3.05) is 19.8 Å². The molecule has 1 aliphatic rings. The number of aliphatic hydroxyl groups excluding tert-OH is 1. The van der Waals surface area contributed by atoms with Gasteiger partial charge in [0.2, 0.25) is 0 Å². The Hall–Kier alpha value is -0.620. The molecule has 0 spiro atoms. The van der Waals surface area contributed by atoms with Gasteiger partial charge in [-0.15, -0.1) is 0 Å². The van der Waals surface area contributed by atoms with Gasteiger partial charge in [0.05, 0.1) is 41.8 Å². The number of rotatable bonds is 4. The van der Waals surface area contributed by atoms with Crippen LogP contribution in [0.25, 0.3) is 0 Å². The Bertz CT molecular complexity index is 383. The number of hydrogen-bond acceptors (Lipinski definition) is 4. The van der Waals surface area contributed by atoms with E-state index < -0.39 is 6.10 Å². The van der Waals surface area contributed by atoms with Gasteiger partial charge < -0.3 is 9.84 Å². The summed E-state index contributed by atoms with van der Waals surface area (Å²) in [6.07, 6.45) is -0.422. The topological polar surface area (TPSA) is 61.4 Å². The van der Waals surface area contributed by atoms with Crippen molar-refractivity contribution in [3.05, 3.63) is 16.4 Å². The minimum absolute atomic E-state index is 0.0353. The van der Waals surface area contributed by atoms with E-state index in [-0.39, 0.29) is 6.04 Å². The zero-order valence-corrected chi connectivity index (χ0v) is 10.9. The van der Waals surface area contributed by atoms with E-state index in [0.29, 0.717) is 24.8 Å². The lowest BCUT2D eigenvalue weighted by Gasteiger charge is -2.27. The minimum Gasteiger partial charge on any atom is -0.389 e. The van der Waals surface area contributed by atoms with Gasteiger partial charge in [-0.25, -0.2) is 0 Å². The normalized spacial score (nSPS) is 24.8. The zero-order chi connectivity index (χ0) is 12.4. The molecule has 5 nitrogen and oxygen atoms in total. The summed E-state index contributed by atoms with van der Waals surface area (Å²) in [5.74, 6) is 0. The van der Waals surface area contributed by atoms with Crippen LogP contribution in [0.4, 0.5) is 0 Å². The van der Waals surface area contributed by atoms with E-state index in [4.69, 9.17) is 16.3 Å². The number of nitrogens with zero attached hydrogens (tertiary/aromatic N) is 2. The predicted octanol–water partition coefficient (Wildman–Crippen LogP) is 0.953. The summed E-state index contributed by atoms with van der Waals surface area (Å²) in [7, 11) is 0. The van der Waals surface area contributed by atoms with Gasteiger partial charge in [-0.3, -0.25) is 10.00 Å². The monoisotopic (exact) mass is 259 g/mol. The van der Waals surface area contributed by atoms with Crippen molar-refractivity contribution in [2.24, 2.45) is 0 Å². The summed E-state index contributed by atoms with van der Waals surface area (Å²) in [4.78, 5) is 2.14. The Morgan fingerprint density at radius 2 is 2.35 bits per heavy atom. The molecule has 0 bridgehead atoms. The van der Waals surface area contributed by atoms with E-state index in [1.807, 2.05) is 6.92 Å². The van der Waals surface area contributed by atoms with Gasteiger partial charge in [0.15, 0.2) is 0 Å². The molecule has 1 saturated heterocycles. The SMILES string of the molecule is CCN(Cc1n[nH]c(C)c1Cl)[C@H]1COC[C@@H]1O. The molecule has 0 aromatic carbocycles. The van der Waals surface area contributed by atoms with E-state index in [1.54, 1.807) is 0 Å². The number of aryl methyl sites for hydroxylation is 1. The summed E-state index contributed by atoms with van der Waals surface area (Å²) < 4.78 is 5.27. The maximum Gasteiger partial charge on any atom is 0.0951 e. The van der Waals surface area contributed by atoms with Crippen LogP contribution in [0, 0.1) is 6.92 Å². The molecule has 1 aromatic heterocycles. The first-order valence-corrected chi connectivity index (χ1v) is 6.20. The fourth-order valence-corrected chi connectivity index (χ4v) is 2.25. The zero-order valence-electron chi connectivity index (χ0n) is 10.1. The van der Waals surface area contributed by atoms with Crippen molar-refractivity contribution in [3.63, 3.8) is 0 Å². The molecule has 0 radical (unpaired) electrons. The fourth-order valence-electron chi connectivity index (χ4n) is 2.11. The molecule has 0 amide bonds. The Morgan fingerprint density at radius 3 is 2.82 bits per heavy atom. The summed E-state index contributed by atoms with van der Waals surface area (Å²) in [6.45, 7) is 6.38. The lowest BCUT2D eigenvalue weighted by Crippen LogP contribution is -2.42. The molecule has 2 N–H and O–H groups in total. The second-order valence-electron chi connectivity index (χ2n) is 4.34. The van der Waals surface area contributed by atoms with Crippen LogP contribution in [0.3, 0.4) is 0 Å². The third-order valence-electron chi connectivity index (χ3n) is 3.19. The van der Waals surface area contributed by atoms with Crippen molar-refractivity contribution in [1.29, 1.82) is 0 Å².